The highest BCUT2D eigenvalue weighted by Crippen LogP contribution is 2.28. The number of hydrogen-bond donors (Lipinski definition) is 2. The zero-order chi connectivity index (χ0) is 15.6. The molecule has 0 amide bonds. The topological polar surface area (TPSA) is 92.7 Å². The molecule has 8 heteroatoms. The SMILES string of the molecule is CC(C)CCC(C)(O)CNc1nc2sccn2c1[N+](=O)[O-]. The van der Waals surface area contributed by atoms with Crippen molar-refractivity contribution in [2.45, 2.75) is 39.2 Å². The molecule has 21 heavy (non-hydrogen) atoms. The van der Waals surface area contributed by atoms with Crippen molar-refractivity contribution >= 4 is 27.9 Å². The quantitative estimate of drug-likeness (QED) is 0.605. The van der Waals surface area contributed by atoms with Gasteiger partial charge >= 0.3 is 5.82 Å². The molecule has 0 aliphatic heterocycles. The summed E-state index contributed by atoms with van der Waals surface area (Å²) in [7, 11) is 0. The van der Waals surface area contributed by atoms with Gasteiger partial charge in [0.25, 0.3) is 4.96 Å². The van der Waals surface area contributed by atoms with E-state index in [9.17, 15) is 15.2 Å². The molecule has 2 rings (SSSR count). The van der Waals surface area contributed by atoms with E-state index >= 15 is 0 Å². The molecule has 0 fully saturated rings. The Kier molecular flexibility index (Phi) is 4.48. The van der Waals surface area contributed by atoms with Gasteiger partial charge in [0.15, 0.2) is 0 Å². The van der Waals surface area contributed by atoms with Crippen molar-refractivity contribution in [2.24, 2.45) is 5.92 Å². The van der Waals surface area contributed by atoms with Crippen molar-refractivity contribution in [3.8, 4) is 0 Å². The number of aromatic nitrogens is 2. The maximum absolute atomic E-state index is 11.2. The molecule has 0 aliphatic rings. The summed E-state index contributed by atoms with van der Waals surface area (Å²) in [4.78, 5) is 15.5. The van der Waals surface area contributed by atoms with Crippen molar-refractivity contribution in [2.75, 3.05) is 11.9 Å². The van der Waals surface area contributed by atoms with Gasteiger partial charge in [-0.1, -0.05) is 25.2 Å². The number of nitrogens with zero attached hydrogens (tertiary/aromatic N) is 3. The minimum Gasteiger partial charge on any atom is -0.388 e. The first-order chi connectivity index (χ1) is 9.80. The Hall–Kier alpha value is -1.67. The van der Waals surface area contributed by atoms with E-state index in [-0.39, 0.29) is 18.2 Å². The molecule has 1 unspecified atom stereocenters. The first-order valence-corrected chi connectivity index (χ1v) is 7.74. The Morgan fingerprint density at radius 3 is 2.95 bits per heavy atom. The van der Waals surface area contributed by atoms with Crippen LogP contribution in [0.15, 0.2) is 11.6 Å². The van der Waals surface area contributed by atoms with Crippen LogP contribution in [-0.2, 0) is 0 Å². The lowest BCUT2D eigenvalue weighted by Gasteiger charge is -2.24. The standard InChI is InChI=1S/C13H20N4O3S/c1-9(2)4-5-13(3,18)8-14-10-11(17(19)20)16-6-7-21-12(16)15-10/h6-7,9,14,18H,4-5,8H2,1-3H3. The van der Waals surface area contributed by atoms with Gasteiger partial charge in [-0.2, -0.15) is 9.38 Å². The maximum atomic E-state index is 11.2. The predicted molar refractivity (Wildman–Crippen MR) is 82.9 cm³/mol. The number of nitro groups is 1. The molecule has 0 saturated carbocycles. The normalized spacial score (nSPS) is 14.5. The number of thiazole rings is 1. The molecule has 2 N–H and O–H groups in total. The molecule has 0 aliphatic carbocycles. The van der Waals surface area contributed by atoms with E-state index in [0.29, 0.717) is 17.3 Å². The molecule has 2 aromatic rings. The van der Waals surface area contributed by atoms with Crippen LogP contribution in [0.25, 0.3) is 4.96 Å². The summed E-state index contributed by atoms with van der Waals surface area (Å²) < 4.78 is 1.44. The van der Waals surface area contributed by atoms with Crippen molar-refractivity contribution in [1.29, 1.82) is 0 Å². The highest BCUT2D eigenvalue weighted by atomic mass is 32.1. The van der Waals surface area contributed by atoms with Crippen LogP contribution < -0.4 is 5.32 Å². The van der Waals surface area contributed by atoms with Crippen molar-refractivity contribution in [1.82, 2.24) is 9.38 Å². The first-order valence-electron chi connectivity index (χ1n) is 6.86. The molecule has 2 heterocycles. The summed E-state index contributed by atoms with van der Waals surface area (Å²) in [5.74, 6) is 0.617. The second-order valence-corrected chi connectivity index (χ2v) is 6.75. The van der Waals surface area contributed by atoms with Crippen LogP contribution in [0.3, 0.4) is 0 Å². The van der Waals surface area contributed by atoms with E-state index in [2.05, 4.69) is 24.1 Å². The summed E-state index contributed by atoms with van der Waals surface area (Å²) >= 11 is 1.33. The van der Waals surface area contributed by atoms with Crippen molar-refractivity contribution in [3.63, 3.8) is 0 Å². The summed E-state index contributed by atoms with van der Waals surface area (Å²) in [5, 5.41) is 26.2. The third kappa shape index (κ3) is 3.70. The minimum atomic E-state index is -0.921. The summed E-state index contributed by atoms with van der Waals surface area (Å²) in [6.07, 6.45) is 3.15. The van der Waals surface area contributed by atoms with Gasteiger partial charge in [-0.05, 0) is 30.6 Å². The van der Waals surface area contributed by atoms with Gasteiger partial charge in [-0.3, -0.25) is 0 Å². The molecule has 0 aromatic carbocycles. The van der Waals surface area contributed by atoms with E-state index < -0.39 is 10.5 Å². The zero-order valence-corrected chi connectivity index (χ0v) is 13.2. The van der Waals surface area contributed by atoms with Gasteiger partial charge < -0.3 is 20.5 Å². The van der Waals surface area contributed by atoms with Gasteiger partial charge in [0, 0.05) is 11.9 Å². The molecule has 0 saturated heterocycles. The van der Waals surface area contributed by atoms with Crippen LogP contribution in [0.5, 0.6) is 0 Å². The van der Waals surface area contributed by atoms with Crippen LogP contribution >= 0.6 is 11.3 Å². The third-order valence-corrected chi connectivity index (χ3v) is 4.06. The number of aliphatic hydroxyl groups is 1. The molecule has 0 radical (unpaired) electrons. The molecule has 1 atom stereocenters. The van der Waals surface area contributed by atoms with E-state index in [4.69, 9.17) is 0 Å². The fourth-order valence-electron chi connectivity index (χ4n) is 2.03. The predicted octanol–water partition coefficient (Wildman–Crippen LogP) is 2.90. The van der Waals surface area contributed by atoms with Gasteiger partial charge in [-0.25, -0.2) is 0 Å². The lowest BCUT2D eigenvalue weighted by atomic mass is 9.95. The Morgan fingerprint density at radius 2 is 2.33 bits per heavy atom. The summed E-state index contributed by atoms with van der Waals surface area (Å²) in [6, 6.07) is 0. The van der Waals surface area contributed by atoms with Crippen LogP contribution in [0.4, 0.5) is 11.6 Å². The van der Waals surface area contributed by atoms with Crippen LogP contribution in [-0.4, -0.2) is 31.6 Å². The zero-order valence-electron chi connectivity index (χ0n) is 12.4. The second-order valence-electron chi connectivity index (χ2n) is 5.88. The Balaban J connectivity index is 2.11. The van der Waals surface area contributed by atoms with Crippen LogP contribution in [0.1, 0.15) is 33.6 Å². The Morgan fingerprint density at radius 1 is 1.62 bits per heavy atom. The van der Waals surface area contributed by atoms with Gasteiger partial charge in [0.2, 0.25) is 5.82 Å². The molecule has 0 bridgehead atoms. The maximum Gasteiger partial charge on any atom is 0.372 e. The monoisotopic (exact) mass is 312 g/mol. The van der Waals surface area contributed by atoms with Crippen molar-refractivity contribution in [3.05, 3.63) is 21.7 Å². The van der Waals surface area contributed by atoms with Gasteiger partial charge in [-0.15, -0.1) is 0 Å². The molecule has 2 aromatic heterocycles. The van der Waals surface area contributed by atoms with Gasteiger partial charge in [0.1, 0.15) is 6.20 Å². The number of fused-ring (bicyclic) bond motifs is 1. The van der Waals surface area contributed by atoms with E-state index in [1.54, 1.807) is 18.5 Å². The van der Waals surface area contributed by atoms with E-state index in [1.807, 2.05) is 0 Å². The molecular formula is C13H20N4O3S. The number of anilines is 1. The van der Waals surface area contributed by atoms with E-state index in [0.717, 1.165) is 6.42 Å². The highest BCUT2D eigenvalue weighted by molar-refractivity contribution is 7.15. The van der Waals surface area contributed by atoms with Crippen molar-refractivity contribution < 1.29 is 10.0 Å². The van der Waals surface area contributed by atoms with E-state index in [1.165, 1.54) is 15.7 Å². The molecule has 7 nitrogen and oxygen atoms in total. The molecule has 0 spiro atoms. The van der Waals surface area contributed by atoms with Gasteiger partial charge in [0.05, 0.1) is 5.60 Å². The number of hydrogen-bond acceptors (Lipinski definition) is 6. The lowest BCUT2D eigenvalue weighted by molar-refractivity contribution is -0.389. The fourth-order valence-corrected chi connectivity index (χ4v) is 2.74. The van der Waals surface area contributed by atoms with Crippen LogP contribution in [0, 0.1) is 16.0 Å². The highest BCUT2D eigenvalue weighted by Gasteiger charge is 2.26. The largest absolute Gasteiger partial charge is 0.388 e. The minimum absolute atomic E-state index is 0.0918. The number of rotatable bonds is 7. The second kappa shape index (κ2) is 5.98. The van der Waals surface area contributed by atoms with Crippen LogP contribution in [0.2, 0.25) is 0 Å². The lowest BCUT2D eigenvalue weighted by Crippen LogP contribution is -2.34. The summed E-state index contributed by atoms with van der Waals surface area (Å²) in [6.45, 7) is 6.15. The Bertz CT molecular complexity index is 632. The third-order valence-electron chi connectivity index (χ3n) is 3.31. The Labute approximate surface area is 126 Å². The molecule has 116 valence electrons. The summed E-state index contributed by atoms with van der Waals surface area (Å²) in [5.41, 5.74) is -0.921. The molecular weight excluding hydrogens is 292 g/mol. The average Bonchev–Trinajstić information content (AvgIpc) is 2.93. The fraction of sp³-hybridized carbons (Fsp3) is 0.615. The smallest absolute Gasteiger partial charge is 0.372 e. The number of imidazole rings is 1. The first kappa shape index (κ1) is 15.7. The average molecular weight is 312 g/mol. The number of nitrogens with one attached hydrogen (secondary N) is 1.